The Kier molecular flexibility index (Phi) is 8.08. The van der Waals surface area contributed by atoms with Crippen molar-refractivity contribution in [3.8, 4) is 5.75 Å². The molecule has 1 N–H and O–H groups in total. The van der Waals surface area contributed by atoms with E-state index in [1.54, 1.807) is 12.1 Å². The van der Waals surface area contributed by atoms with E-state index >= 15 is 0 Å². The van der Waals surface area contributed by atoms with Gasteiger partial charge in [-0.2, -0.15) is 0 Å². The van der Waals surface area contributed by atoms with E-state index in [2.05, 4.69) is 5.32 Å². The normalized spacial score (nSPS) is 11.2. The van der Waals surface area contributed by atoms with Crippen LogP contribution in [0.3, 0.4) is 0 Å². The zero-order valence-corrected chi connectivity index (χ0v) is 14.9. The summed E-state index contributed by atoms with van der Waals surface area (Å²) in [6.45, 7) is 1.89. The zero-order valence-electron chi connectivity index (χ0n) is 13.2. The minimum absolute atomic E-state index is 0. The van der Waals surface area contributed by atoms with Crippen LogP contribution >= 0.6 is 17.0 Å². The van der Waals surface area contributed by atoms with Gasteiger partial charge >= 0.3 is 5.69 Å². The minimum atomic E-state index is -0.532. The molecule has 2 aromatic carbocycles. The van der Waals surface area contributed by atoms with Gasteiger partial charge in [0.05, 0.1) is 11.5 Å². The molecule has 1 atom stereocenters. The molecule has 7 heteroatoms. The highest BCUT2D eigenvalue weighted by Crippen LogP contribution is 2.25. The van der Waals surface area contributed by atoms with Gasteiger partial charge in [0.25, 0.3) is 0 Å². The predicted molar refractivity (Wildman–Crippen MR) is 96.8 cm³/mol. The molecule has 0 amide bonds. The second-order valence-electron chi connectivity index (χ2n) is 5.07. The number of Topliss-reactive ketones (excluding diaryl/α,β-unsaturated/α-hetero) is 1. The van der Waals surface area contributed by atoms with E-state index < -0.39 is 4.92 Å². The molecule has 24 heavy (non-hydrogen) atoms. The van der Waals surface area contributed by atoms with Crippen molar-refractivity contribution in [3.05, 3.63) is 70.3 Å². The molecule has 6 nitrogen and oxygen atoms in total. The zero-order chi connectivity index (χ0) is 16.7. The molecule has 2 aromatic rings. The molecule has 0 saturated heterocycles. The summed E-state index contributed by atoms with van der Waals surface area (Å²) in [5.41, 5.74) is 0.936. The quantitative estimate of drug-likeness (QED) is 0.547. The van der Waals surface area contributed by atoms with Crippen LogP contribution in [-0.2, 0) is 4.79 Å². The number of benzene rings is 2. The number of hydrogen-bond donors (Lipinski definition) is 1. The molecule has 0 aliphatic rings. The fraction of sp³-hybridized carbons (Fsp3) is 0.235. The Hall–Kier alpha value is -2.25. The van der Waals surface area contributed by atoms with Gasteiger partial charge in [0.2, 0.25) is 0 Å². The molecule has 0 heterocycles. The molecule has 0 unspecified atom stereocenters. The Labute approximate surface area is 150 Å². The van der Waals surface area contributed by atoms with E-state index in [0.29, 0.717) is 0 Å². The Morgan fingerprint density at radius 3 is 2.46 bits per heavy atom. The molecule has 128 valence electrons. The predicted octanol–water partition coefficient (Wildman–Crippen LogP) is 3.47. The third-order valence-corrected chi connectivity index (χ3v) is 3.36. The van der Waals surface area contributed by atoms with E-state index in [4.69, 9.17) is 4.74 Å². The van der Waals surface area contributed by atoms with Crippen LogP contribution < -0.4 is 10.1 Å². The summed E-state index contributed by atoms with van der Waals surface area (Å²) in [6.07, 6.45) is 0. The van der Waals surface area contributed by atoms with Gasteiger partial charge in [0, 0.05) is 12.1 Å². The fourth-order valence-corrected chi connectivity index (χ4v) is 2.07. The molecule has 0 aliphatic heterocycles. The van der Waals surface area contributed by atoms with Crippen LogP contribution in [0, 0.1) is 10.1 Å². The number of ketones is 1. The van der Waals surface area contributed by atoms with Crippen LogP contribution in [0.15, 0.2) is 54.6 Å². The number of nitrogens with zero attached hydrogens (tertiary/aromatic N) is 1. The molecule has 0 radical (unpaired) electrons. The Morgan fingerprint density at radius 2 is 1.79 bits per heavy atom. The summed E-state index contributed by atoms with van der Waals surface area (Å²) < 4.78 is 5.27. The molecule has 0 spiro atoms. The summed E-state index contributed by atoms with van der Waals surface area (Å²) in [7, 11) is 0. The molecule has 0 fully saturated rings. The fourth-order valence-electron chi connectivity index (χ4n) is 2.07. The van der Waals surface area contributed by atoms with Gasteiger partial charge in [-0.1, -0.05) is 42.5 Å². The standard InChI is InChI=1S/C17H18N2O4.BrH/c1-13(14-7-3-2-4-8-14)18-11-15(20)12-23-17-10-6-5-9-16(17)19(21)22;/h2-10,13,18H,11-12H2,1H3;1H/t13-;/m1./s1. The lowest BCUT2D eigenvalue weighted by molar-refractivity contribution is -0.385. The summed E-state index contributed by atoms with van der Waals surface area (Å²) in [6, 6.07) is 15.8. The average molecular weight is 395 g/mol. The molecule has 2 rings (SSSR count). The van der Waals surface area contributed by atoms with Gasteiger partial charge in [0.15, 0.2) is 11.5 Å². The summed E-state index contributed by atoms with van der Waals surface area (Å²) >= 11 is 0. The smallest absolute Gasteiger partial charge is 0.310 e. The molecular weight excluding hydrogens is 376 g/mol. The van der Waals surface area contributed by atoms with Crippen molar-refractivity contribution in [2.24, 2.45) is 0 Å². The first-order valence-corrected chi connectivity index (χ1v) is 7.24. The van der Waals surface area contributed by atoms with Gasteiger partial charge in [-0.25, -0.2) is 0 Å². The maximum atomic E-state index is 11.9. The van der Waals surface area contributed by atoms with Crippen LogP contribution in [0.1, 0.15) is 18.5 Å². The largest absolute Gasteiger partial charge is 0.479 e. The number of nitrogens with one attached hydrogen (secondary N) is 1. The summed E-state index contributed by atoms with van der Waals surface area (Å²) in [5.74, 6) is -0.0760. The topological polar surface area (TPSA) is 81.5 Å². The summed E-state index contributed by atoms with van der Waals surface area (Å²) in [5, 5.41) is 14.0. The second kappa shape index (κ2) is 9.79. The lowest BCUT2D eigenvalue weighted by Gasteiger charge is -2.13. The maximum absolute atomic E-state index is 11.9. The molecule has 0 aliphatic carbocycles. The Balaban J connectivity index is 0.00000288. The third kappa shape index (κ3) is 5.75. The van der Waals surface area contributed by atoms with E-state index in [-0.39, 0.29) is 53.4 Å². The van der Waals surface area contributed by atoms with Gasteiger partial charge < -0.3 is 10.1 Å². The molecule has 0 bridgehead atoms. The van der Waals surface area contributed by atoms with Crippen molar-refractivity contribution < 1.29 is 14.5 Å². The number of halogens is 1. The van der Waals surface area contributed by atoms with E-state index in [1.807, 2.05) is 37.3 Å². The first-order chi connectivity index (χ1) is 11.1. The van der Waals surface area contributed by atoms with Crippen molar-refractivity contribution in [3.63, 3.8) is 0 Å². The van der Waals surface area contributed by atoms with Crippen molar-refractivity contribution in [1.82, 2.24) is 5.32 Å². The second-order valence-corrected chi connectivity index (χ2v) is 5.07. The van der Waals surface area contributed by atoms with Gasteiger partial charge in [-0.05, 0) is 18.6 Å². The highest BCUT2D eigenvalue weighted by Gasteiger charge is 2.15. The average Bonchev–Trinajstić information content (AvgIpc) is 2.58. The van der Waals surface area contributed by atoms with Gasteiger partial charge in [-0.15, -0.1) is 17.0 Å². The molecule has 0 saturated carbocycles. The van der Waals surface area contributed by atoms with Crippen LogP contribution in [-0.4, -0.2) is 23.9 Å². The molecular formula is C17H19BrN2O4. The Bertz CT molecular complexity index is 679. The van der Waals surface area contributed by atoms with Crippen LogP contribution in [0.5, 0.6) is 5.75 Å². The number of rotatable bonds is 8. The number of para-hydroxylation sites is 2. The lowest BCUT2D eigenvalue weighted by Crippen LogP contribution is -2.29. The van der Waals surface area contributed by atoms with Gasteiger partial charge in [-0.3, -0.25) is 14.9 Å². The first-order valence-electron chi connectivity index (χ1n) is 7.24. The van der Waals surface area contributed by atoms with Crippen LogP contribution in [0.2, 0.25) is 0 Å². The maximum Gasteiger partial charge on any atom is 0.310 e. The number of hydrogen-bond acceptors (Lipinski definition) is 5. The van der Waals surface area contributed by atoms with Gasteiger partial charge in [0.1, 0.15) is 6.61 Å². The van der Waals surface area contributed by atoms with E-state index in [1.165, 1.54) is 12.1 Å². The summed E-state index contributed by atoms with van der Waals surface area (Å²) in [4.78, 5) is 22.2. The number of carbonyl (C=O) groups is 1. The van der Waals surface area contributed by atoms with Crippen LogP contribution in [0.25, 0.3) is 0 Å². The van der Waals surface area contributed by atoms with E-state index in [0.717, 1.165) is 5.56 Å². The van der Waals surface area contributed by atoms with Crippen LogP contribution in [0.4, 0.5) is 5.69 Å². The minimum Gasteiger partial charge on any atom is -0.479 e. The SMILES string of the molecule is Br.C[C@@H](NCC(=O)COc1ccccc1[N+](=O)[O-])c1ccccc1. The number of ether oxygens (including phenoxy) is 1. The van der Waals surface area contributed by atoms with E-state index in [9.17, 15) is 14.9 Å². The number of carbonyl (C=O) groups excluding carboxylic acids is 1. The van der Waals surface area contributed by atoms with Crippen molar-refractivity contribution >= 4 is 28.5 Å². The molecule has 0 aromatic heterocycles. The van der Waals surface area contributed by atoms with Crippen molar-refractivity contribution in [1.29, 1.82) is 0 Å². The number of nitro benzene ring substituents is 1. The Morgan fingerprint density at radius 1 is 1.17 bits per heavy atom. The van der Waals surface area contributed by atoms with Crippen molar-refractivity contribution in [2.75, 3.05) is 13.2 Å². The monoisotopic (exact) mass is 394 g/mol. The lowest BCUT2D eigenvalue weighted by atomic mass is 10.1. The first kappa shape index (κ1) is 19.8. The number of nitro groups is 1. The highest BCUT2D eigenvalue weighted by molar-refractivity contribution is 8.93. The third-order valence-electron chi connectivity index (χ3n) is 3.36. The van der Waals surface area contributed by atoms with Crippen molar-refractivity contribution in [2.45, 2.75) is 13.0 Å². The highest BCUT2D eigenvalue weighted by atomic mass is 79.9.